The number of hydrogen-bond donors (Lipinski definition) is 0. The number of fused-ring (bicyclic) bond motifs is 1. The Morgan fingerprint density at radius 2 is 1.32 bits per heavy atom. The molecule has 2 rings (SSSR count). The van der Waals surface area contributed by atoms with E-state index in [0.717, 1.165) is 24.0 Å². The highest BCUT2D eigenvalue weighted by atomic mass is 14.5. The molecule has 1 aromatic carbocycles. The molecule has 0 bridgehead atoms. The van der Waals surface area contributed by atoms with E-state index in [1.54, 1.807) is 0 Å². The Kier molecular flexibility index (Phi) is 3.26. The van der Waals surface area contributed by atoms with Crippen LogP contribution in [0.1, 0.15) is 107 Å². The van der Waals surface area contributed by atoms with Gasteiger partial charge in [-0.3, -0.25) is 0 Å². The first-order chi connectivity index (χ1) is 10.5. The lowest BCUT2D eigenvalue weighted by atomic mass is 9.58. The van der Waals surface area contributed by atoms with Gasteiger partial charge in [-0.25, -0.2) is 0 Å². The largest absolute Gasteiger partial charge is 0.0626 e. The monoisotopic (exact) mass is 302 g/mol. The lowest BCUT2D eigenvalue weighted by Crippen LogP contribution is -2.38. The van der Waals surface area contributed by atoms with Gasteiger partial charge in [-0.1, -0.05) is 81.3 Å². The first-order valence-electron chi connectivity index (χ1n) is 9.71. The lowest BCUT2D eigenvalue weighted by molar-refractivity contribution is 0.323. The summed E-state index contributed by atoms with van der Waals surface area (Å²) in [7, 11) is 0. The van der Waals surface area contributed by atoms with Crippen LogP contribution in [0.15, 0.2) is 12.1 Å². The normalized spacial score (nSPS) is 21.9. The number of hydrogen-bond acceptors (Lipinski definition) is 0. The van der Waals surface area contributed by atoms with Gasteiger partial charge in [0.25, 0.3) is 0 Å². The molecule has 1 aliphatic rings. The lowest BCUT2D eigenvalue weighted by Gasteiger charge is -2.46. The van der Waals surface area contributed by atoms with E-state index in [4.69, 9.17) is 2.74 Å². The third-order valence-corrected chi connectivity index (χ3v) is 5.29. The van der Waals surface area contributed by atoms with Crippen molar-refractivity contribution in [2.24, 2.45) is 0 Å². The van der Waals surface area contributed by atoms with Gasteiger partial charge in [0.1, 0.15) is 0 Å². The van der Waals surface area contributed by atoms with Crippen molar-refractivity contribution >= 4 is 0 Å². The zero-order valence-electron chi connectivity index (χ0n) is 18.4. The van der Waals surface area contributed by atoms with Crippen molar-refractivity contribution in [1.82, 2.24) is 0 Å². The Balaban J connectivity index is 3.14. The minimum Gasteiger partial charge on any atom is -0.0579 e. The molecule has 0 atom stereocenters. The Labute approximate surface area is 141 Å². The predicted molar refractivity (Wildman–Crippen MR) is 99.1 cm³/mol. The van der Waals surface area contributed by atoms with E-state index in [2.05, 4.69) is 69.2 Å². The van der Waals surface area contributed by atoms with E-state index in [0.29, 0.717) is 12.1 Å². The molecule has 0 heterocycles. The van der Waals surface area contributed by atoms with Crippen molar-refractivity contribution in [1.29, 1.82) is 0 Å². The number of benzene rings is 1. The smallest absolute Gasteiger partial charge is 0.0579 e. The predicted octanol–water partition coefficient (Wildman–Crippen LogP) is 6.63. The molecule has 0 heteroatoms. The standard InChI is InChI=1S/C22H36/c1-19(2,3)15-11-12-16-18(17(15)20(4,5)6)22(9,10)14-13-21(16,7)8/h11-12H,13-14H2,1-10H3/i11D,12D. The third-order valence-electron chi connectivity index (χ3n) is 5.29. The van der Waals surface area contributed by atoms with E-state index < -0.39 is 0 Å². The molecule has 0 saturated carbocycles. The van der Waals surface area contributed by atoms with Crippen LogP contribution in [-0.4, -0.2) is 0 Å². The Bertz CT molecular complexity index is 644. The Morgan fingerprint density at radius 3 is 1.77 bits per heavy atom. The third kappa shape index (κ3) is 2.86. The van der Waals surface area contributed by atoms with Gasteiger partial charge in [0.2, 0.25) is 0 Å². The Hall–Kier alpha value is -0.780. The maximum absolute atomic E-state index is 8.84. The summed E-state index contributed by atoms with van der Waals surface area (Å²) in [4.78, 5) is 0. The highest BCUT2D eigenvalue weighted by Crippen LogP contribution is 2.51. The van der Waals surface area contributed by atoms with Gasteiger partial charge in [0, 0.05) is 0 Å². The van der Waals surface area contributed by atoms with E-state index >= 15 is 0 Å². The van der Waals surface area contributed by atoms with Crippen molar-refractivity contribution in [3.05, 3.63) is 34.3 Å². The average Bonchev–Trinajstić information content (AvgIpc) is 2.34. The highest BCUT2D eigenvalue weighted by molar-refractivity contribution is 5.54. The van der Waals surface area contributed by atoms with Crippen LogP contribution in [0.3, 0.4) is 0 Å². The molecular formula is C22H36. The summed E-state index contributed by atoms with van der Waals surface area (Å²) in [6, 6.07) is 0.901. The molecule has 0 radical (unpaired) electrons. The summed E-state index contributed by atoms with van der Waals surface area (Å²) in [5.41, 5.74) is 4.72. The molecule has 22 heavy (non-hydrogen) atoms. The van der Waals surface area contributed by atoms with Crippen LogP contribution in [0.2, 0.25) is 0 Å². The van der Waals surface area contributed by atoms with Crippen LogP contribution in [0, 0.1) is 0 Å². The molecule has 1 aromatic rings. The van der Waals surface area contributed by atoms with Gasteiger partial charge in [-0.2, -0.15) is 0 Å². The highest BCUT2D eigenvalue weighted by Gasteiger charge is 2.42. The number of rotatable bonds is 0. The molecule has 0 aromatic heterocycles. The molecule has 0 fully saturated rings. The molecule has 0 saturated heterocycles. The molecule has 124 valence electrons. The topological polar surface area (TPSA) is 0 Å². The average molecular weight is 303 g/mol. The van der Waals surface area contributed by atoms with Crippen molar-refractivity contribution in [2.75, 3.05) is 0 Å². The van der Waals surface area contributed by atoms with Gasteiger partial charge in [-0.15, -0.1) is 0 Å². The Morgan fingerprint density at radius 1 is 0.818 bits per heavy atom. The molecule has 0 spiro atoms. The maximum Gasteiger partial charge on any atom is 0.0626 e. The molecule has 1 aliphatic carbocycles. The fraction of sp³-hybridized carbons (Fsp3) is 0.727. The second-order valence-corrected chi connectivity index (χ2v) is 10.5. The summed E-state index contributed by atoms with van der Waals surface area (Å²) in [5.74, 6) is 0. The van der Waals surface area contributed by atoms with Crippen molar-refractivity contribution in [3.63, 3.8) is 0 Å². The van der Waals surface area contributed by atoms with Gasteiger partial charge >= 0.3 is 0 Å². The van der Waals surface area contributed by atoms with Gasteiger partial charge in [-0.05, 0) is 56.8 Å². The molecule has 0 N–H and O–H groups in total. The van der Waals surface area contributed by atoms with Crippen molar-refractivity contribution < 1.29 is 2.74 Å². The van der Waals surface area contributed by atoms with E-state index in [-0.39, 0.29) is 21.7 Å². The second-order valence-electron chi connectivity index (χ2n) is 10.5. The maximum atomic E-state index is 8.84. The molecule has 0 unspecified atom stereocenters. The van der Waals surface area contributed by atoms with E-state index in [1.165, 1.54) is 11.1 Å². The molecular weight excluding hydrogens is 264 g/mol. The van der Waals surface area contributed by atoms with Crippen molar-refractivity contribution in [2.45, 2.75) is 104 Å². The first-order valence-corrected chi connectivity index (χ1v) is 8.71. The summed E-state index contributed by atoms with van der Waals surface area (Å²) < 4.78 is 17.7. The minimum absolute atomic E-state index is 0.0336. The second kappa shape index (κ2) is 4.86. The van der Waals surface area contributed by atoms with Crippen LogP contribution in [0.4, 0.5) is 0 Å². The van der Waals surface area contributed by atoms with Crippen LogP contribution in [0.5, 0.6) is 0 Å². The first kappa shape index (κ1) is 14.8. The fourth-order valence-corrected chi connectivity index (χ4v) is 3.87. The summed E-state index contributed by atoms with van der Waals surface area (Å²) in [6.45, 7) is 22.5. The fourth-order valence-electron chi connectivity index (χ4n) is 3.87. The molecule has 0 aliphatic heterocycles. The van der Waals surface area contributed by atoms with Gasteiger partial charge < -0.3 is 0 Å². The van der Waals surface area contributed by atoms with Crippen LogP contribution in [0.25, 0.3) is 0 Å². The van der Waals surface area contributed by atoms with Crippen LogP contribution >= 0.6 is 0 Å². The van der Waals surface area contributed by atoms with Gasteiger partial charge in [0.15, 0.2) is 0 Å². The van der Waals surface area contributed by atoms with Crippen LogP contribution in [-0.2, 0) is 21.7 Å². The SMILES string of the molecule is [2H]c1c([2H])c2c(c(C(C)(C)C)c1C(C)(C)C)C(C)(C)CCC2(C)C. The summed E-state index contributed by atoms with van der Waals surface area (Å²) in [5, 5.41) is 0. The quantitative estimate of drug-likeness (QED) is 0.504. The van der Waals surface area contributed by atoms with Crippen molar-refractivity contribution in [3.8, 4) is 0 Å². The summed E-state index contributed by atoms with van der Waals surface area (Å²) >= 11 is 0. The van der Waals surface area contributed by atoms with Gasteiger partial charge in [0.05, 0.1) is 2.74 Å². The molecule has 0 amide bonds. The van der Waals surface area contributed by atoms with E-state index in [1.807, 2.05) is 0 Å². The zero-order chi connectivity index (χ0) is 18.9. The summed E-state index contributed by atoms with van der Waals surface area (Å²) in [6.07, 6.45) is 2.22. The zero-order valence-corrected chi connectivity index (χ0v) is 16.4. The minimum atomic E-state index is -0.137. The molecule has 0 nitrogen and oxygen atoms in total. The van der Waals surface area contributed by atoms with Crippen LogP contribution < -0.4 is 0 Å². The van der Waals surface area contributed by atoms with E-state index in [9.17, 15) is 0 Å².